The van der Waals surface area contributed by atoms with Crippen LogP contribution < -0.4 is 10.6 Å². The summed E-state index contributed by atoms with van der Waals surface area (Å²) in [4.78, 5) is 28.7. The summed E-state index contributed by atoms with van der Waals surface area (Å²) in [5, 5.41) is 5.55. The number of hydrogen-bond acceptors (Lipinski definition) is 8. The van der Waals surface area contributed by atoms with E-state index in [1.54, 1.807) is 24.4 Å². The van der Waals surface area contributed by atoms with Gasteiger partial charge in [0.15, 0.2) is 0 Å². The van der Waals surface area contributed by atoms with Crippen LogP contribution in [0.1, 0.15) is 25.0 Å². The van der Waals surface area contributed by atoms with E-state index in [9.17, 15) is 18.0 Å². The fraction of sp³-hybridized carbons (Fsp3) is 0.381. The van der Waals surface area contributed by atoms with Gasteiger partial charge in [0.2, 0.25) is 21.8 Å². The Balaban J connectivity index is 1.23. The SMILES string of the molecule is O=C(CCNC(=O)C1CCN(S(=O)(=O)c2cccc3nsnc23)CC1)NCc1ccccn1. The smallest absolute Gasteiger partial charge is 0.245 e. The maximum Gasteiger partial charge on any atom is 0.245 e. The van der Waals surface area contributed by atoms with Crippen molar-refractivity contribution < 1.29 is 18.0 Å². The van der Waals surface area contributed by atoms with Gasteiger partial charge in [0.05, 0.1) is 24.0 Å². The van der Waals surface area contributed by atoms with Crippen molar-refractivity contribution in [1.29, 1.82) is 0 Å². The number of nitrogens with one attached hydrogen (secondary N) is 2. The largest absolute Gasteiger partial charge is 0.355 e. The van der Waals surface area contributed by atoms with Gasteiger partial charge in [-0.25, -0.2) is 8.42 Å². The molecule has 1 aromatic carbocycles. The lowest BCUT2D eigenvalue weighted by atomic mass is 9.97. The summed E-state index contributed by atoms with van der Waals surface area (Å²) in [6.45, 7) is 1.06. The molecule has 2 amide bonds. The van der Waals surface area contributed by atoms with Crippen LogP contribution in [0.15, 0.2) is 47.5 Å². The second-order valence-corrected chi connectivity index (χ2v) is 10.1. The number of sulfonamides is 1. The van der Waals surface area contributed by atoms with Crippen molar-refractivity contribution in [3.63, 3.8) is 0 Å². The fourth-order valence-electron chi connectivity index (χ4n) is 3.71. The van der Waals surface area contributed by atoms with E-state index in [0.717, 1.165) is 17.4 Å². The molecule has 1 saturated heterocycles. The van der Waals surface area contributed by atoms with Crippen molar-refractivity contribution in [3.05, 3.63) is 48.3 Å². The quantitative estimate of drug-likeness (QED) is 0.488. The first-order valence-electron chi connectivity index (χ1n) is 10.6. The third-order valence-corrected chi connectivity index (χ3v) is 8.01. The van der Waals surface area contributed by atoms with Crippen molar-refractivity contribution in [3.8, 4) is 0 Å². The summed E-state index contributed by atoms with van der Waals surface area (Å²) >= 11 is 0.978. The second-order valence-electron chi connectivity index (χ2n) is 7.71. The molecule has 0 radical (unpaired) electrons. The molecule has 10 nitrogen and oxygen atoms in total. The Morgan fingerprint density at radius 1 is 1.06 bits per heavy atom. The lowest BCUT2D eigenvalue weighted by molar-refractivity contribution is -0.126. The van der Waals surface area contributed by atoms with Crippen molar-refractivity contribution >= 4 is 44.6 Å². The minimum Gasteiger partial charge on any atom is -0.355 e. The highest BCUT2D eigenvalue weighted by atomic mass is 32.2. The second kappa shape index (κ2) is 10.3. The van der Waals surface area contributed by atoms with E-state index in [1.807, 2.05) is 12.1 Å². The van der Waals surface area contributed by atoms with Gasteiger partial charge in [-0.2, -0.15) is 13.1 Å². The maximum atomic E-state index is 13.1. The van der Waals surface area contributed by atoms with E-state index < -0.39 is 10.0 Å². The minimum absolute atomic E-state index is 0.147. The monoisotopic (exact) mass is 488 g/mol. The number of piperidine rings is 1. The van der Waals surface area contributed by atoms with Gasteiger partial charge in [0, 0.05) is 38.2 Å². The Morgan fingerprint density at radius 3 is 2.64 bits per heavy atom. The summed E-state index contributed by atoms with van der Waals surface area (Å²) in [6.07, 6.45) is 2.66. The zero-order chi connectivity index (χ0) is 23.3. The molecular formula is C21H24N6O4S2. The van der Waals surface area contributed by atoms with Gasteiger partial charge >= 0.3 is 0 Å². The Hall–Kier alpha value is -2.96. The number of benzene rings is 1. The Labute approximate surface area is 195 Å². The molecule has 12 heteroatoms. The first kappa shape index (κ1) is 23.2. The van der Waals surface area contributed by atoms with Crippen LogP contribution in [0, 0.1) is 5.92 Å². The Morgan fingerprint density at radius 2 is 1.88 bits per heavy atom. The summed E-state index contributed by atoms with van der Waals surface area (Å²) in [5.74, 6) is -0.618. The predicted molar refractivity (Wildman–Crippen MR) is 123 cm³/mol. The van der Waals surface area contributed by atoms with Gasteiger partial charge < -0.3 is 10.6 Å². The van der Waals surface area contributed by atoms with E-state index in [1.165, 1.54) is 10.4 Å². The number of carbonyl (C=O) groups is 2. The Bertz CT molecular complexity index is 1220. The molecule has 0 bridgehead atoms. The van der Waals surface area contributed by atoms with Gasteiger partial charge in [0.1, 0.15) is 15.9 Å². The van der Waals surface area contributed by atoms with Crippen LogP contribution >= 0.6 is 11.7 Å². The van der Waals surface area contributed by atoms with Crippen molar-refractivity contribution in [2.45, 2.75) is 30.7 Å². The Kier molecular flexibility index (Phi) is 7.26. The number of pyridine rings is 1. The topological polar surface area (TPSA) is 134 Å². The van der Waals surface area contributed by atoms with E-state index in [4.69, 9.17) is 0 Å². The normalized spacial score (nSPS) is 15.4. The van der Waals surface area contributed by atoms with Crippen molar-refractivity contribution in [1.82, 2.24) is 28.7 Å². The van der Waals surface area contributed by atoms with Gasteiger partial charge in [0.25, 0.3) is 0 Å². The molecule has 0 atom stereocenters. The number of amides is 2. The van der Waals surface area contributed by atoms with Crippen LogP contribution in [0.4, 0.5) is 0 Å². The highest BCUT2D eigenvalue weighted by Gasteiger charge is 2.33. The van der Waals surface area contributed by atoms with Crippen LogP contribution in [0.2, 0.25) is 0 Å². The van der Waals surface area contributed by atoms with Crippen molar-refractivity contribution in [2.24, 2.45) is 5.92 Å². The maximum absolute atomic E-state index is 13.1. The molecule has 174 valence electrons. The van der Waals surface area contributed by atoms with Crippen LogP contribution in [-0.4, -0.2) is 57.9 Å². The molecule has 4 rings (SSSR count). The first-order chi connectivity index (χ1) is 15.9. The molecule has 33 heavy (non-hydrogen) atoms. The van der Waals surface area contributed by atoms with Gasteiger partial charge in [-0.15, -0.1) is 0 Å². The number of aromatic nitrogens is 3. The van der Waals surface area contributed by atoms with Crippen LogP contribution in [0.25, 0.3) is 11.0 Å². The molecule has 0 aliphatic carbocycles. The molecule has 2 aromatic heterocycles. The summed E-state index contributed by atoms with van der Waals surface area (Å²) in [6, 6.07) is 10.4. The number of fused-ring (bicyclic) bond motifs is 1. The highest BCUT2D eigenvalue weighted by molar-refractivity contribution is 7.89. The van der Waals surface area contributed by atoms with Gasteiger partial charge in [-0.3, -0.25) is 14.6 Å². The van der Waals surface area contributed by atoms with Crippen LogP contribution in [0.3, 0.4) is 0 Å². The average Bonchev–Trinajstić information content (AvgIpc) is 3.32. The first-order valence-corrected chi connectivity index (χ1v) is 12.8. The van der Waals surface area contributed by atoms with Gasteiger partial charge in [-0.1, -0.05) is 12.1 Å². The lowest BCUT2D eigenvalue weighted by Gasteiger charge is -2.30. The average molecular weight is 489 g/mol. The zero-order valence-electron chi connectivity index (χ0n) is 17.8. The zero-order valence-corrected chi connectivity index (χ0v) is 19.4. The molecule has 3 aromatic rings. The lowest BCUT2D eigenvalue weighted by Crippen LogP contribution is -2.43. The van der Waals surface area contributed by atoms with E-state index in [2.05, 4.69) is 24.4 Å². The number of carbonyl (C=O) groups excluding carboxylic acids is 2. The number of rotatable bonds is 8. The molecule has 1 aliphatic heterocycles. The molecule has 1 fully saturated rings. The van der Waals surface area contributed by atoms with Gasteiger partial charge in [-0.05, 0) is 37.1 Å². The molecular weight excluding hydrogens is 464 g/mol. The number of hydrogen-bond donors (Lipinski definition) is 2. The summed E-state index contributed by atoms with van der Waals surface area (Å²) in [7, 11) is -3.72. The number of nitrogens with zero attached hydrogens (tertiary/aromatic N) is 4. The fourth-order valence-corrected chi connectivity index (χ4v) is 5.93. The highest BCUT2D eigenvalue weighted by Crippen LogP contribution is 2.28. The van der Waals surface area contributed by atoms with E-state index in [0.29, 0.717) is 30.4 Å². The summed E-state index contributed by atoms with van der Waals surface area (Å²) in [5.41, 5.74) is 1.70. The van der Waals surface area contributed by atoms with E-state index >= 15 is 0 Å². The molecule has 2 N–H and O–H groups in total. The molecule has 0 unspecified atom stereocenters. The van der Waals surface area contributed by atoms with E-state index in [-0.39, 0.29) is 48.7 Å². The third kappa shape index (κ3) is 5.52. The molecule has 1 aliphatic rings. The standard InChI is InChI=1S/C21H24N6O4S2/c28-19(24-14-16-4-1-2-10-22-16)7-11-23-21(29)15-8-12-27(13-9-15)33(30,31)18-6-3-5-17-20(18)26-32-25-17/h1-6,10,15H,7-9,11-14H2,(H,23,29)(H,24,28). The van der Waals surface area contributed by atoms with Crippen LogP contribution in [-0.2, 0) is 26.2 Å². The van der Waals surface area contributed by atoms with Crippen LogP contribution in [0.5, 0.6) is 0 Å². The molecule has 0 saturated carbocycles. The molecule has 0 spiro atoms. The minimum atomic E-state index is -3.72. The summed E-state index contributed by atoms with van der Waals surface area (Å²) < 4.78 is 35.8. The predicted octanol–water partition coefficient (Wildman–Crippen LogP) is 1.31. The molecule has 3 heterocycles. The van der Waals surface area contributed by atoms with Crippen molar-refractivity contribution in [2.75, 3.05) is 19.6 Å². The third-order valence-electron chi connectivity index (χ3n) is 5.54.